The van der Waals surface area contributed by atoms with Crippen LogP contribution in [0.15, 0.2) is 47.4 Å². The number of para-hydroxylation sites is 1. The number of imidazole rings is 1. The number of hydrogen-bond acceptors (Lipinski definition) is 4. The van der Waals surface area contributed by atoms with Gasteiger partial charge in [-0.1, -0.05) is 18.2 Å². The van der Waals surface area contributed by atoms with Crippen LogP contribution >= 0.6 is 0 Å². The summed E-state index contributed by atoms with van der Waals surface area (Å²) in [5.41, 5.74) is 8.12. The van der Waals surface area contributed by atoms with E-state index in [-0.39, 0.29) is 11.3 Å². The smallest absolute Gasteiger partial charge is 0.256 e. The molecule has 0 aliphatic rings. The molecule has 6 heteroatoms. The second-order valence-electron chi connectivity index (χ2n) is 5.09. The largest absolute Gasteiger partial charge is 0.507 e. The fraction of sp³-hybridized carbons (Fsp3) is 0.125. The third-order valence-electron chi connectivity index (χ3n) is 3.58. The first-order chi connectivity index (χ1) is 10.6. The van der Waals surface area contributed by atoms with E-state index in [1.54, 1.807) is 36.5 Å². The molecule has 0 amide bonds. The molecule has 4 N–H and O–H groups in total. The number of anilines is 1. The van der Waals surface area contributed by atoms with Gasteiger partial charge in [-0.15, -0.1) is 0 Å². The highest BCUT2D eigenvalue weighted by Gasteiger charge is 2.10. The molecule has 0 spiro atoms. The first-order valence-corrected chi connectivity index (χ1v) is 6.84. The van der Waals surface area contributed by atoms with Crippen LogP contribution in [0.2, 0.25) is 0 Å². The summed E-state index contributed by atoms with van der Waals surface area (Å²) in [5, 5.41) is 9.86. The second kappa shape index (κ2) is 5.40. The number of nitrogen functional groups attached to an aromatic ring is 1. The zero-order valence-electron chi connectivity index (χ0n) is 12.1. The summed E-state index contributed by atoms with van der Waals surface area (Å²) in [5.74, 6) is 0.485. The van der Waals surface area contributed by atoms with E-state index in [9.17, 15) is 9.90 Å². The predicted molar refractivity (Wildman–Crippen MR) is 84.6 cm³/mol. The van der Waals surface area contributed by atoms with Crippen LogP contribution < -0.4 is 11.3 Å². The van der Waals surface area contributed by atoms with Gasteiger partial charge in [0, 0.05) is 17.0 Å². The number of phenolic OH excluding ortho intramolecular Hbond substituents is 1. The van der Waals surface area contributed by atoms with Crippen LogP contribution in [0.25, 0.3) is 11.1 Å². The molecular formula is C16H16N4O2. The van der Waals surface area contributed by atoms with E-state index in [0.29, 0.717) is 23.6 Å². The minimum Gasteiger partial charge on any atom is -0.507 e. The van der Waals surface area contributed by atoms with Crippen molar-refractivity contribution in [3.63, 3.8) is 0 Å². The highest BCUT2D eigenvalue weighted by atomic mass is 16.3. The fourth-order valence-electron chi connectivity index (χ4n) is 2.38. The van der Waals surface area contributed by atoms with Gasteiger partial charge >= 0.3 is 0 Å². The van der Waals surface area contributed by atoms with Crippen LogP contribution in [0.3, 0.4) is 0 Å². The van der Waals surface area contributed by atoms with Crippen molar-refractivity contribution >= 4 is 5.95 Å². The van der Waals surface area contributed by atoms with Crippen molar-refractivity contribution in [2.75, 3.05) is 5.73 Å². The van der Waals surface area contributed by atoms with Crippen molar-refractivity contribution in [1.82, 2.24) is 14.5 Å². The van der Waals surface area contributed by atoms with E-state index in [2.05, 4.69) is 9.97 Å². The SMILES string of the molecule is Cc1cnc(N)n1Cc1ccc(-c2ccccc2O)c(=O)[nH]1. The van der Waals surface area contributed by atoms with Gasteiger partial charge in [-0.25, -0.2) is 4.98 Å². The molecule has 0 aliphatic heterocycles. The molecular weight excluding hydrogens is 280 g/mol. The number of hydrogen-bond donors (Lipinski definition) is 3. The number of aryl methyl sites for hydroxylation is 1. The number of H-pyrrole nitrogens is 1. The van der Waals surface area contributed by atoms with Gasteiger partial charge in [0.15, 0.2) is 0 Å². The Labute approximate surface area is 126 Å². The molecule has 2 heterocycles. The van der Waals surface area contributed by atoms with E-state index in [0.717, 1.165) is 11.4 Å². The van der Waals surface area contributed by atoms with Gasteiger partial charge in [0.2, 0.25) is 5.95 Å². The predicted octanol–water partition coefficient (Wildman–Crippen LogP) is 1.88. The number of phenols is 1. The molecule has 1 aromatic carbocycles. The maximum Gasteiger partial charge on any atom is 0.256 e. The quantitative estimate of drug-likeness (QED) is 0.687. The summed E-state index contributed by atoms with van der Waals surface area (Å²) in [6, 6.07) is 10.3. The standard InChI is InChI=1S/C16H16N4O2/c1-10-8-18-16(17)20(10)9-11-6-7-13(15(22)19-11)12-4-2-3-5-14(12)21/h2-8,21H,9H2,1H3,(H2,17,18)(H,19,22). The van der Waals surface area contributed by atoms with Crippen LogP contribution in [-0.4, -0.2) is 19.6 Å². The van der Waals surface area contributed by atoms with E-state index in [4.69, 9.17) is 5.73 Å². The number of aromatic nitrogens is 3. The lowest BCUT2D eigenvalue weighted by atomic mass is 10.1. The summed E-state index contributed by atoms with van der Waals surface area (Å²) in [4.78, 5) is 19.1. The molecule has 2 aromatic heterocycles. The van der Waals surface area contributed by atoms with Crippen LogP contribution in [0, 0.1) is 6.92 Å². The highest BCUT2D eigenvalue weighted by Crippen LogP contribution is 2.25. The van der Waals surface area contributed by atoms with E-state index in [1.807, 2.05) is 17.6 Å². The van der Waals surface area contributed by atoms with Gasteiger partial charge in [-0.2, -0.15) is 0 Å². The zero-order chi connectivity index (χ0) is 15.7. The average Bonchev–Trinajstić information content (AvgIpc) is 2.80. The molecule has 0 saturated carbocycles. The maximum atomic E-state index is 12.3. The molecule has 3 aromatic rings. The topological polar surface area (TPSA) is 96.9 Å². The summed E-state index contributed by atoms with van der Waals surface area (Å²) >= 11 is 0. The first kappa shape index (κ1) is 13.9. The first-order valence-electron chi connectivity index (χ1n) is 6.84. The van der Waals surface area contributed by atoms with Gasteiger partial charge in [-0.3, -0.25) is 4.79 Å². The molecule has 0 bridgehead atoms. The molecule has 112 valence electrons. The van der Waals surface area contributed by atoms with Gasteiger partial charge in [-0.05, 0) is 25.1 Å². The lowest BCUT2D eigenvalue weighted by Crippen LogP contribution is -2.14. The van der Waals surface area contributed by atoms with Crippen molar-refractivity contribution < 1.29 is 5.11 Å². The number of nitrogens with zero attached hydrogens (tertiary/aromatic N) is 2. The van der Waals surface area contributed by atoms with Crippen molar-refractivity contribution in [3.05, 3.63) is 64.3 Å². The lowest BCUT2D eigenvalue weighted by Gasteiger charge is -2.09. The van der Waals surface area contributed by atoms with E-state index >= 15 is 0 Å². The Morgan fingerprint density at radius 2 is 2.00 bits per heavy atom. The number of benzene rings is 1. The van der Waals surface area contributed by atoms with E-state index in [1.165, 1.54) is 0 Å². The minimum absolute atomic E-state index is 0.0791. The summed E-state index contributed by atoms with van der Waals surface area (Å²) < 4.78 is 1.81. The third-order valence-corrected chi connectivity index (χ3v) is 3.58. The van der Waals surface area contributed by atoms with Gasteiger partial charge < -0.3 is 20.4 Å². The number of aromatic amines is 1. The van der Waals surface area contributed by atoms with Crippen molar-refractivity contribution in [2.45, 2.75) is 13.5 Å². The van der Waals surface area contributed by atoms with E-state index < -0.39 is 0 Å². The van der Waals surface area contributed by atoms with Gasteiger partial charge in [0.05, 0.1) is 18.3 Å². The fourth-order valence-corrected chi connectivity index (χ4v) is 2.38. The van der Waals surface area contributed by atoms with Crippen molar-refractivity contribution in [1.29, 1.82) is 0 Å². The van der Waals surface area contributed by atoms with Crippen molar-refractivity contribution in [2.24, 2.45) is 0 Å². The van der Waals surface area contributed by atoms with Crippen LogP contribution in [0.1, 0.15) is 11.4 Å². The maximum absolute atomic E-state index is 12.3. The van der Waals surface area contributed by atoms with Gasteiger partial charge in [0.25, 0.3) is 5.56 Å². The third kappa shape index (κ3) is 2.46. The molecule has 0 aliphatic carbocycles. The molecule has 0 atom stereocenters. The highest BCUT2D eigenvalue weighted by molar-refractivity contribution is 5.69. The molecule has 0 fully saturated rings. The number of nitrogens with one attached hydrogen (secondary N) is 1. The normalized spacial score (nSPS) is 10.8. The van der Waals surface area contributed by atoms with Crippen LogP contribution in [0.4, 0.5) is 5.95 Å². The Kier molecular flexibility index (Phi) is 3.42. The number of pyridine rings is 1. The molecule has 6 nitrogen and oxygen atoms in total. The summed E-state index contributed by atoms with van der Waals surface area (Å²) in [7, 11) is 0. The Morgan fingerprint density at radius 1 is 1.23 bits per heavy atom. The minimum atomic E-state index is -0.254. The van der Waals surface area contributed by atoms with Crippen LogP contribution in [-0.2, 0) is 6.54 Å². The molecule has 0 radical (unpaired) electrons. The monoisotopic (exact) mass is 296 g/mol. The summed E-state index contributed by atoms with van der Waals surface area (Å²) in [6.45, 7) is 2.34. The van der Waals surface area contributed by atoms with Gasteiger partial charge in [0.1, 0.15) is 5.75 Å². The molecule has 0 saturated heterocycles. The molecule has 0 unspecified atom stereocenters. The molecule has 3 rings (SSSR count). The Hall–Kier alpha value is -3.02. The second-order valence-corrected chi connectivity index (χ2v) is 5.09. The summed E-state index contributed by atoms with van der Waals surface area (Å²) in [6.07, 6.45) is 1.68. The van der Waals surface area contributed by atoms with Crippen LogP contribution in [0.5, 0.6) is 5.75 Å². The number of rotatable bonds is 3. The number of aromatic hydroxyl groups is 1. The average molecular weight is 296 g/mol. The molecule has 22 heavy (non-hydrogen) atoms. The zero-order valence-corrected chi connectivity index (χ0v) is 12.1. The Morgan fingerprint density at radius 3 is 2.64 bits per heavy atom. The Bertz CT molecular complexity index is 860. The van der Waals surface area contributed by atoms with Crippen molar-refractivity contribution in [3.8, 4) is 16.9 Å². The number of nitrogens with two attached hydrogens (primary N) is 1. The lowest BCUT2D eigenvalue weighted by molar-refractivity contribution is 0.477. The Balaban J connectivity index is 1.97.